The fraction of sp³-hybridized carbons (Fsp3) is 0.519. The molecule has 1 aliphatic heterocycles. The molecule has 1 amide bonds. The molecule has 3 atom stereocenters. The lowest BCUT2D eigenvalue weighted by molar-refractivity contribution is -0.200. The summed E-state index contributed by atoms with van der Waals surface area (Å²) in [5, 5.41) is 20.3. The van der Waals surface area contributed by atoms with Crippen molar-refractivity contribution in [1.29, 1.82) is 5.26 Å². The van der Waals surface area contributed by atoms with Gasteiger partial charge >= 0.3 is 5.97 Å². The molecule has 3 heterocycles. The van der Waals surface area contributed by atoms with E-state index in [4.69, 9.17) is 46.4 Å². The van der Waals surface area contributed by atoms with Crippen LogP contribution in [0.1, 0.15) is 87.5 Å². The van der Waals surface area contributed by atoms with Crippen LogP contribution >= 0.6 is 0 Å². The summed E-state index contributed by atoms with van der Waals surface area (Å²) in [6, 6.07) is 5.25. The van der Waals surface area contributed by atoms with Crippen molar-refractivity contribution < 1.29 is 19.4 Å². The Morgan fingerprint density at radius 3 is 2.48 bits per heavy atom. The minimum atomic E-state index is -1.45. The average molecular weight is 531 g/mol. The van der Waals surface area contributed by atoms with Crippen LogP contribution in [0.4, 0.5) is 5.69 Å². The van der Waals surface area contributed by atoms with Gasteiger partial charge in [-0.15, -0.1) is 5.47 Å². The standard InChI is InChI=1S/C27H29B4N5O4/c1-24(2)12-27(30,31)17(18(28)20(24)29)19-16(36-22(37)21-33-11-14(10-32)34-21)7-6-15(35-19)13-8-25(3,4)40-26(5,9-13)23(38)39/h6-7,11,13,20H,8-9,12H2,1-5H3,(H,33,34)(H,36,37)(H,38,39). The summed E-state index contributed by atoms with van der Waals surface area (Å²) in [6.45, 7) is 9.06. The lowest BCUT2D eigenvalue weighted by Crippen LogP contribution is -2.51. The predicted molar refractivity (Wildman–Crippen MR) is 153 cm³/mol. The van der Waals surface area contributed by atoms with E-state index < -0.39 is 39.5 Å². The van der Waals surface area contributed by atoms with E-state index in [9.17, 15) is 14.7 Å². The number of pyridine rings is 1. The number of aromatic nitrogens is 3. The van der Waals surface area contributed by atoms with Crippen LogP contribution in [0.25, 0.3) is 5.57 Å². The number of carboxylic acid groups (broad SMARTS) is 1. The van der Waals surface area contributed by atoms with Gasteiger partial charge in [0.15, 0.2) is 11.4 Å². The second-order valence-corrected chi connectivity index (χ2v) is 12.4. The molecule has 198 valence electrons. The molecule has 0 spiro atoms. The topological polar surface area (TPSA) is 141 Å². The first-order chi connectivity index (χ1) is 18.4. The van der Waals surface area contributed by atoms with Gasteiger partial charge < -0.3 is 20.1 Å². The molecule has 9 nitrogen and oxygen atoms in total. The molecular formula is C27H29B4N5O4. The molecule has 3 unspecified atom stereocenters. The highest BCUT2D eigenvalue weighted by atomic mass is 16.5. The molecular weight excluding hydrogens is 502 g/mol. The molecule has 0 bridgehead atoms. The number of carbonyl (C=O) groups is 2. The number of rotatable bonds is 5. The Kier molecular flexibility index (Phi) is 7.42. The molecule has 2 aliphatic rings. The summed E-state index contributed by atoms with van der Waals surface area (Å²) in [7, 11) is 26.4. The van der Waals surface area contributed by atoms with Gasteiger partial charge in [-0.2, -0.15) is 5.26 Å². The number of hydrogen-bond donors (Lipinski definition) is 3. The molecule has 2 aromatic rings. The summed E-state index contributed by atoms with van der Waals surface area (Å²) >= 11 is 0. The summed E-state index contributed by atoms with van der Waals surface area (Å²) < 4.78 is 5.94. The van der Waals surface area contributed by atoms with Gasteiger partial charge in [-0.25, -0.2) is 9.78 Å². The lowest BCUT2D eigenvalue weighted by atomic mass is 9.37. The van der Waals surface area contributed by atoms with E-state index in [2.05, 4.69) is 15.3 Å². The van der Waals surface area contributed by atoms with Gasteiger partial charge in [0, 0.05) is 11.6 Å². The number of aromatic amines is 1. The van der Waals surface area contributed by atoms with Crippen LogP contribution in [0.2, 0.25) is 11.0 Å². The molecule has 4 rings (SSSR count). The maximum atomic E-state index is 13.1. The normalized spacial score (nSPS) is 27.0. The van der Waals surface area contributed by atoms with Crippen molar-refractivity contribution in [3.63, 3.8) is 0 Å². The van der Waals surface area contributed by atoms with E-state index in [0.29, 0.717) is 17.7 Å². The lowest BCUT2D eigenvalue weighted by Gasteiger charge is -2.49. The molecule has 3 N–H and O–H groups in total. The first-order valence-electron chi connectivity index (χ1n) is 12.9. The summed E-state index contributed by atoms with van der Waals surface area (Å²) in [4.78, 5) is 36.7. The average Bonchev–Trinajstić information content (AvgIpc) is 3.31. The van der Waals surface area contributed by atoms with Crippen molar-refractivity contribution >= 4 is 54.5 Å². The van der Waals surface area contributed by atoms with Gasteiger partial charge in [0.2, 0.25) is 0 Å². The zero-order chi connectivity index (χ0) is 29.8. The van der Waals surface area contributed by atoms with Crippen LogP contribution in [-0.4, -0.2) is 74.5 Å². The molecule has 0 saturated carbocycles. The number of aliphatic carboxylic acids is 1. The number of ether oxygens (including phenoxy) is 1. The summed E-state index contributed by atoms with van der Waals surface area (Å²) in [5.41, 5.74) is -0.991. The van der Waals surface area contributed by atoms with E-state index in [0.717, 1.165) is 0 Å². The van der Waals surface area contributed by atoms with E-state index in [1.807, 2.05) is 33.8 Å². The van der Waals surface area contributed by atoms with Gasteiger partial charge in [-0.05, 0) is 56.7 Å². The minimum absolute atomic E-state index is 0.0785. The van der Waals surface area contributed by atoms with Gasteiger partial charge in [0.1, 0.15) is 19.6 Å². The SMILES string of the molecule is [B]C1=C(c2nc(C3CC(C)(C)OC(C)(C(=O)O)C3)ccc2NC(=O)c2ncc(C#N)[nH]2)C([B])([B])CC(C)(C)C1[B]. The van der Waals surface area contributed by atoms with Crippen LogP contribution < -0.4 is 5.32 Å². The maximum absolute atomic E-state index is 13.1. The first-order valence-corrected chi connectivity index (χ1v) is 12.9. The van der Waals surface area contributed by atoms with Gasteiger partial charge in [-0.1, -0.05) is 31.3 Å². The van der Waals surface area contributed by atoms with Crippen molar-refractivity contribution in [3.8, 4) is 6.07 Å². The van der Waals surface area contributed by atoms with Gasteiger partial charge in [0.25, 0.3) is 5.91 Å². The number of nitrogens with zero attached hydrogens (tertiary/aromatic N) is 3. The van der Waals surface area contributed by atoms with Gasteiger partial charge in [-0.3, -0.25) is 9.78 Å². The second-order valence-electron chi connectivity index (χ2n) is 12.4. The third kappa shape index (κ3) is 5.51. The van der Waals surface area contributed by atoms with Gasteiger partial charge in [0.05, 0.1) is 46.7 Å². The molecule has 1 saturated heterocycles. The monoisotopic (exact) mass is 531 g/mol. The van der Waals surface area contributed by atoms with Crippen molar-refractivity contribution in [2.24, 2.45) is 5.41 Å². The third-order valence-corrected chi connectivity index (χ3v) is 7.74. The molecule has 13 heteroatoms. The fourth-order valence-electron chi connectivity index (χ4n) is 5.99. The van der Waals surface area contributed by atoms with Crippen LogP contribution in [0.15, 0.2) is 23.8 Å². The summed E-state index contributed by atoms with van der Waals surface area (Å²) in [5.74, 6) is -2.68. The third-order valence-electron chi connectivity index (χ3n) is 7.74. The highest BCUT2D eigenvalue weighted by Crippen LogP contribution is 2.58. The number of nitriles is 1. The van der Waals surface area contributed by atoms with E-state index in [1.54, 1.807) is 19.1 Å². The van der Waals surface area contributed by atoms with Crippen LogP contribution in [0.3, 0.4) is 0 Å². The number of nitrogens with one attached hydrogen (secondary N) is 2. The number of allylic oxidation sites excluding steroid dienone is 2. The Labute approximate surface area is 239 Å². The highest BCUT2D eigenvalue weighted by molar-refractivity contribution is 6.49. The zero-order valence-corrected chi connectivity index (χ0v) is 23.3. The van der Waals surface area contributed by atoms with Crippen LogP contribution in [0.5, 0.6) is 0 Å². The molecule has 1 aliphatic carbocycles. The van der Waals surface area contributed by atoms with E-state index >= 15 is 0 Å². The summed E-state index contributed by atoms with van der Waals surface area (Å²) in [6.07, 6.45) is 2.19. The number of H-pyrrole nitrogens is 1. The fourth-order valence-corrected chi connectivity index (χ4v) is 5.99. The smallest absolute Gasteiger partial charge is 0.335 e. The van der Waals surface area contributed by atoms with E-state index in [1.165, 1.54) is 6.20 Å². The predicted octanol–water partition coefficient (Wildman–Crippen LogP) is 3.16. The second kappa shape index (κ2) is 9.99. The maximum Gasteiger partial charge on any atom is 0.335 e. The molecule has 40 heavy (non-hydrogen) atoms. The number of carboxylic acids is 1. The van der Waals surface area contributed by atoms with Crippen molar-refractivity contribution in [2.75, 3.05) is 5.32 Å². The quantitative estimate of drug-likeness (QED) is 0.504. The van der Waals surface area contributed by atoms with Crippen molar-refractivity contribution in [2.45, 2.75) is 82.0 Å². The van der Waals surface area contributed by atoms with Crippen LogP contribution in [0, 0.1) is 16.7 Å². The van der Waals surface area contributed by atoms with Crippen molar-refractivity contribution in [3.05, 3.63) is 46.7 Å². The Balaban J connectivity index is 1.86. The molecule has 1 fully saturated rings. The number of hydrogen-bond acceptors (Lipinski definition) is 6. The number of amides is 1. The van der Waals surface area contributed by atoms with Crippen molar-refractivity contribution in [1.82, 2.24) is 15.0 Å². The highest BCUT2D eigenvalue weighted by Gasteiger charge is 2.48. The Bertz CT molecular complexity index is 1440. The number of carbonyl (C=O) groups excluding carboxylic acids is 1. The Morgan fingerprint density at radius 1 is 1.20 bits per heavy atom. The number of anilines is 1. The van der Waals surface area contributed by atoms with E-state index in [-0.39, 0.29) is 47.1 Å². The van der Waals surface area contributed by atoms with Crippen LogP contribution in [-0.2, 0) is 9.53 Å². The Hall–Kier alpha value is -3.25. The molecule has 2 aromatic heterocycles. The zero-order valence-electron chi connectivity index (χ0n) is 23.3. The Morgan fingerprint density at radius 2 is 1.88 bits per heavy atom. The number of imidazole rings is 1. The molecule has 8 radical (unpaired) electrons. The largest absolute Gasteiger partial charge is 0.479 e. The molecule has 0 aromatic carbocycles. The first kappa shape index (κ1) is 29.7. The minimum Gasteiger partial charge on any atom is -0.479 e.